The van der Waals surface area contributed by atoms with E-state index < -0.39 is 18.0 Å². The van der Waals surface area contributed by atoms with Crippen LogP contribution in [0.5, 0.6) is 0 Å². The Balaban J connectivity index is 1.63. The van der Waals surface area contributed by atoms with E-state index in [-0.39, 0.29) is 17.2 Å². The summed E-state index contributed by atoms with van der Waals surface area (Å²) in [5, 5.41) is 13.5. The Bertz CT molecular complexity index is 1410. The van der Waals surface area contributed by atoms with Gasteiger partial charge in [0.05, 0.1) is 23.8 Å². The number of alkyl halides is 2. The number of carbonyl (C=O) groups excluding carboxylic acids is 2. The number of nitrogens with zero attached hydrogens (tertiary/aromatic N) is 5. The summed E-state index contributed by atoms with van der Waals surface area (Å²) < 4.78 is 25.8. The minimum Gasteiger partial charge on any atom is -0.354 e. The Morgan fingerprint density at radius 1 is 0.914 bits per heavy atom. The molecular formula is C24H19F2N7O2. The summed E-state index contributed by atoms with van der Waals surface area (Å²) >= 11 is 0. The minimum absolute atomic E-state index is 0.0452. The Morgan fingerprint density at radius 3 is 2.49 bits per heavy atom. The largest absolute Gasteiger partial charge is 0.354 e. The van der Waals surface area contributed by atoms with E-state index in [0.29, 0.717) is 28.2 Å². The zero-order valence-electron chi connectivity index (χ0n) is 18.7. The average Bonchev–Trinajstić information content (AvgIpc) is 2.89. The number of rotatable bonds is 6. The van der Waals surface area contributed by atoms with Gasteiger partial charge in [-0.1, -0.05) is 0 Å². The van der Waals surface area contributed by atoms with E-state index in [4.69, 9.17) is 0 Å². The fraction of sp³-hybridized carbons (Fsp3) is 0.125. The standard InChI is InChI=1S/C24H19F2N7O2/c1-13-18(10-17(12-30-13)32-23(34)15-4-6-28-20(8-15)22(25)26)19-9-16(11-31-33-19)14-3-5-29-21(7-14)24(35)27-2/h3-12,22H,1-2H3,(H,27,35)(H,32,34). The molecule has 176 valence electrons. The SMILES string of the molecule is CNC(=O)c1cc(-c2cnnc(-c3cc(NC(=O)c4ccnc(C(F)F)c4)cnc3C)c2)ccn1. The van der Waals surface area contributed by atoms with E-state index in [1.165, 1.54) is 25.5 Å². The molecule has 2 N–H and O–H groups in total. The molecule has 2 amide bonds. The zero-order chi connectivity index (χ0) is 24.9. The Morgan fingerprint density at radius 2 is 1.71 bits per heavy atom. The number of hydrogen-bond donors (Lipinski definition) is 2. The first-order chi connectivity index (χ1) is 16.9. The second kappa shape index (κ2) is 10.1. The highest BCUT2D eigenvalue weighted by Crippen LogP contribution is 2.27. The fourth-order valence-electron chi connectivity index (χ4n) is 3.29. The van der Waals surface area contributed by atoms with Crippen LogP contribution in [-0.2, 0) is 0 Å². The number of anilines is 1. The maximum atomic E-state index is 12.9. The monoisotopic (exact) mass is 475 g/mol. The number of aromatic nitrogens is 5. The molecule has 0 aliphatic heterocycles. The van der Waals surface area contributed by atoms with Gasteiger partial charge in [0, 0.05) is 41.8 Å². The van der Waals surface area contributed by atoms with Crippen molar-refractivity contribution in [2.45, 2.75) is 13.3 Å². The third kappa shape index (κ3) is 5.29. The Kier molecular flexibility index (Phi) is 6.76. The summed E-state index contributed by atoms with van der Waals surface area (Å²) in [5.74, 6) is -0.892. The number of aryl methyl sites for hydroxylation is 1. The van der Waals surface area contributed by atoms with Crippen molar-refractivity contribution < 1.29 is 18.4 Å². The van der Waals surface area contributed by atoms with Crippen molar-refractivity contribution in [2.75, 3.05) is 12.4 Å². The van der Waals surface area contributed by atoms with E-state index >= 15 is 0 Å². The molecule has 11 heteroatoms. The zero-order valence-corrected chi connectivity index (χ0v) is 18.7. The molecule has 0 aliphatic rings. The summed E-state index contributed by atoms with van der Waals surface area (Å²) in [7, 11) is 1.52. The number of hydrogen-bond acceptors (Lipinski definition) is 7. The molecule has 0 unspecified atom stereocenters. The maximum absolute atomic E-state index is 12.9. The molecule has 9 nitrogen and oxygen atoms in total. The molecule has 4 heterocycles. The molecule has 0 saturated heterocycles. The number of pyridine rings is 3. The lowest BCUT2D eigenvalue weighted by Crippen LogP contribution is -2.19. The van der Waals surface area contributed by atoms with Gasteiger partial charge in [0.2, 0.25) is 0 Å². The van der Waals surface area contributed by atoms with Crippen LogP contribution in [-0.4, -0.2) is 44.0 Å². The Hall–Kier alpha value is -4.67. The molecule has 0 spiro atoms. The van der Waals surface area contributed by atoms with Gasteiger partial charge in [0.1, 0.15) is 11.4 Å². The van der Waals surface area contributed by atoms with Gasteiger partial charge in [0.25, 0.3) is 18.2 Å². The molecule has 4 aromatic rings. The first-order valence-electron chi connectivity index (χ1n) is 10.4. The van der Waals surface area contributed by atoms with Crippen LogP contribution >= 0.6 is 0 Å². The van der Waals surface area contributed by atoms with E-state index in [1.54, 1.807) is 37.4 Å². The van der Waals surface area contributed by atoms with Gasteiger partial charge in [0.15, 0.2) is 0 Å². The van der Waals surface area contributed by atoms with Gasteiger partial charge < -0.3 is 10.6 Å². The quantitative estimate of drug-likeness (QED) is 0.434. The third-order valence-corrected chi connectivity index (χ3v) is 5.10. The van der Waals surface area contributed by atoms with E-state index in [2.05, 4.69) is 35.8 Å². The van der Waals surface area contributed by atoms with Crippen molar-refractivity contribution in [1.82, 2.24) is 30.5 Å². The smallest absolute Gasteiger partial charge is 0.280 e. The van der Waals surface area contributed by atoms with Crippen LogP contribution in [0.2, 0.25) is 0 Å². The van der Waals surface area contributed by atoms with E-state index in [9.17, 15) is 18.4 Å². The molecule has 0 aromatic carbocycles. The highest BCUT2D eigenvalue weighted by Gasteiger charge is 2.15. The van der Waals surface area contributed by atoms with E-state index in [1.807, 2.05) is 0 Å². The number of carbonyl (C=O) groups is 2. The Labute approximate surface area is 198 Å². The first kappa shape index (κ1) is 23.5. The van der Waals surface area contributed by atoms with Crippen molar-refractivity contribution in [2.24, 2.45) is 0 Å². The van der Waals surface area contributed by atoms with Crippen molar-refractivity contribution in [3.05, 3.63) is 83.8 Å². The molecule has 0 aliphatic carbocycles. The van der Waals surface area contributed by atoms with Gasteiger partial charge in [-0.15, -0.1) is 0 Å². The molecule has 4 aromatic heterocycles. The van der Waals surface area contributed by atoms with Crippen molar-refractivity contribution in [3.8, 4) is 22.4 Å². The van der Waals surface area contributed by atoms with Crippen LogP contribution in [0.4, 0.5) is 14.5 Å². The van der Waals surface area contributed by atoms with Crippen LogP contribution in [0.15, 0.2) is 61.2 Å². The first-order valence-corrected chi connectivity index (χ1v) is 10.4. The lowest BCUT2D eigenvalue weighted by molar-refractivity contribution is 0.0957. The highest BCUT2D eigenvalue weighted by atomic mass is 19.3. The highest BCUT2D eigenvalue weighted by molar-refractivity contribution is 6.04. The van der Waals surface area contributed by atoms with Gasteiger partial charge in [-0.3, -0.25) is 24.5 Å². The normalized spacial score (nSPS) is 10.8. The summed E-state index contributed by atoms with van der Waals surface area (Å²) in [6.07, 6.45) is 2.92. The molecule has 0 bridgehead atoms. The number of amides is 2. The van der Waals surface area contributed by atoms with Gasteiger partial charge in [-0.2, -0.15) is 10.2 Å². The lowest BCUT2D eigenvalue weighted by Gasteiger charge is -2.11. The van der Waals surface area contributed by atoms with Gasteiger partial charge >= 0.3 is 0 Å². The summed E-state index contributed by atoms with van der Waals surface area (Å²) in [5.41, 5.74) is 3.34. The third-order valence-electron chi connectivity index (χ3n) is 5.10. The van der Waals surface area contributed by atoms with E-state index in [0.717, 1.165) is 17.8 Å². The predicted molar refractivity (Wildman–Crippen MR) is 124 cm³/mol. The molecule has 0 atom stereocenters. The minimum atomic E-state index is -2.78. The second-order valence-electron chi connectivity index (χ2n) is 7.42. The summed E-state index contributed by atoms with van der Waals surface area (Å²) in [6, 6.07) is 9.23. The topological polar surface area (TPSA) is 123 Å². The summed E-state index contributed by atoms with van der Waals surface area (Å²) in [6.45, 7) is 1.78. The number of nitrogens with one attached hydrogen (secondary N) is 2. The van der Waals surface area contributed by atoms with Crippen LogP contribution in [0.1, 0.15) is 38.7 Å². The molecular weight excluding hydrogens is 456 g/mol. The lowest BCUT2D eigenvalue weighted by atomic mass is 10.0. The van der Waals surface area contributed by atoms with Crippen LogP contribution in [0.25, 0.3) is 22.4 Å². The molecule has 0 radical (unpaired) electrons. The van der Waals surface area contributed by atoms with Crippen molar-refractivity contribution in [1.29, 1.82) is 0 Å². The average molecular weight is 475 g/mol. The predicted octanol–water partition coefficient (Wildman–Crippen LogP) is 3.85. The maximum Gasteiger partial charge on any atom is 0.280 e. The van der Waals surface area contributed by atoms with Crippen LogP contribution in [0, 0.1) is 6.92 Å². The van der Waals surface area contributed by atoms with Gasteiger partial charge in [-0.05, 0) is 48.9 Å². The molecule has 0 fully saturated rings. The second-order valence-corrected chi connectivity index (χ2v) is 7.42. The van der Waals surface area contributed by atoms with Crippen molar-refractivity contribution >= 4 is 17.5 Å². The van der Waals surface area contributed by atoms with Crippen LogP contribution < -0.4 is 10.6 Å². The molecule has 0 saturated carbocycles. The van der Waals surface area contributed by atoms with Crippen molar-refractivity contribution in [3.63, 3.8) is 0 Å². The van der Waals surface area contributed by atoms with Crippen LogP contribution in [0.3, 0.4) is 0 Å². The summed E-state index contributed by atoms with van der Waals surface area (Å²) in [4.78, 5) is 36.5. The fourth-order valence-corrected chi connectivity index (χ4v) is 3.29. The molecule has 4 rings (SSSR count). The molecule has 35 heavy (non-hydrogen) atoms. The van der Waals surface area contributed by atoms with Gasteiger partial charge in [-0.25, -0.2) is 8.78 Å². The number of halogens is 2.